The lowest BCUT2D eigenvalue weighted by atomic mass is 10.0. The zero-order valence-electron chi connectivity index (χ0n) is 15.6. The molecular weight excluding hydrogens is 421 g/mol. The number of aliphatic hydroxyl groups excluding tert-OH is 1. The van der Waals surface area contributed by atoms with Gasteiger partial charge in [0.1, 0.15) is 11.7 Å². The van der Waals surface area contributed by atoms with Gasteiger partial charge in [0.05, 0.1) is 10.4 Å². The fourth-order valence-electron chi connectivity index (χ4n) is 2.37. The zero-order valence-corrected chi connectivity index (χ0v) is 17.9. The molecule has 1 aromatic heterocycles. The van der Waals surface area contributed by atoms with Gasteiger partial charge in [-0.25, -0.2) is 4.79 Å². The molecule has 150 valence electrons. The van der Waals surface area contributed by atoms with E-state index in [0.29, 0.717) is 19.8 Å². The van der Waals surface area contributed by atoms with Crippen LogP contribution in [0.1, 0.15) is 43.4 Å². The topological polar surface area (TPSA) is 75.6 Å². The molecule has 0 aliphatic rings. The van der Waals surface area contributed by atoms with Crippen molar-refractivity contribution in [1.29, 1.82) is 0 Å². The molecule has 8 heteroatoms. The second-order valence-electron chi connectivity index (χ2n) is 6.99. The van der Waals surface area contributed by atoms with Crippen molar-refractivity contribution in [3.8, 4) is 0 Å². The predicted octanol–water partition coefficient (Wildman–Crippen LogP) is 4.84. The number of halogens is 2. The summed E-state index contributed by atoms with van der Waals surface area (Å²) >= 11 is 13.3. The van der Waals surface area contributed by atoms with Crippen LogP contribution < -0.4 is 5.32 Å². The van der Waals surface area contributed by atoms with Crippen LogP contribution in [0.3, 0.4) is 0 Å². The van der Waals surface area contributed by atoms with Crippen LogP contribution in [-0.4, -0.2) is 22.6 Å². The third kappa shape index (κ3) is 6.95. The molecule has 0 radical (unpaired) electrons. The van der Waals surface area contributed by atoms with Gasteiger partial charge >= 0.3 is 5.97 Å². The van der Waals surface area contributed by atoms with E-state index >= 15 is 0 Å². The molecule has 2 aromatic rings. The number of benzene rings is 1. The van der Waals surface area contributed by atoms with Crippen molar-refractivity contribution in [2.45, 2.75) is 38.5 Å². The number of esters is 1. The first-order chi connectivity index (χ1) is 13.0. The van der Waals surface area contributed by atoms with Crippen LogP contribution in [-0.2, 0) is 14.3 Å². The number of hydrogen-bond donors (Lipinski definition) is 2. The van der Waals surface area contributed by atoms with Crippen LogP contribution in [0.25, 0.3) is 0 Å². The Morgan fingerprint density at radius 3 is 2.46 bits per heavy atom. The molecule has 0 fully saturated rings. The van der Waals surface area contributed by atoms with Crippen LogP contribution in [0.4, 0.5) is 0 Å². The standard InChI is InChI=1S/C20H21Cl2NO4S/c1-20(2,3)27-17(25)10-9-16(24)23-18(14-7-8-15(22)28-14)19(26)12-5-4-6-13(21)11-12/h4-11,18-19,26H,1-3H3,(H,23,24)/t18-,19-/m1/s1. The van der Waals surface area contributed by atoms with E-state index in [2.05, 4.69) is 5.32 Å². The average Bonchev–Trinajstić information content (AvgIpc) is 3.02. The van der Waals surface area contributed by atoms with Crippen molar-refractivity contribution in [3.05, 3.63) is 68.3 Å². The molecule has 0 aliphatic heterocycles. The van der Waals surface area contributed by atoms with E-state index in [1.165, 1.54) is 11.3 Å². The summed E-state index contributed by atoms with van der Waals surface area (Å²) < 4.78 is 5.65. The maximum atomic E-state index is 12.3. The molecule has 2 rings (SSSR count). The van der Waals surface area contributed by atoms with Crippen molar-refractivity contribution in [3.63, 3.8) is 0 Å². The van der Waals surface area contributed by atoms with Crippen molar-refractivity contribution < 1.29 is 19.4 Å². The van der Waals surface area contributed by atoms with Crippen LogP contribution in [0, 0.1) is 0 Å². The van der Waals surface area contributed by atoms with Gasteiger partial charge in [-0.3, -0.25) is 4.79 Å². The highest BCUT2D eigenvalue weighted by molar-refractivity contribution is 7.16. The lowest BCUT2D eigenvalue weighted by Crippen LogP contribution is -2.31. The molecule has 2 N–H and O–H groups in total. The molecule has 2 atom stereocenters. The predicted molar refractivity (Wildman–Crippen MR) is 112 cm³/mol. The van der Waals surface area contributed by atoms with Gasteiger partial charge in [-0.2, -0.15) is 0 Å². The summed E-state index contributed by atoms with van der Waals surface area (Å²) in [6.45, 7) is 5.20. The number of hydrogen-bond acceptors (Lipinski definition) is 5. The van der Waals surface area contributed by atoms with Crippen LogP contribution in [0.2, 0.25) is 9.36 Å². The minimum atomic E-state index is -1.06. The third-order valence-corrected chi connectivity index (χ3v) is 5.03. The number of rotatable bonds is 6. The Hall–Kier alpha value is -1.86. The molecule has 0 unspecified atom stereocenters. The van der Waals surface area contributed by atoms with E-state index in [1.54, 1.807) is 57.2 Å². The first kappa shape index (κ1) is 22.4. The summed E-state index contributed by atoms with van der Waals surface area (Å²) in [4.78, 5) is 24.7. The SMILES string of the molecule is CC(C)(C)OC(=O)C=CC(=O)N[C@H](c1ccc(Cl)s1)[C@H](O)c1cccc(Cl)c1. The lowest BCUT2D eigenvalue weighted by molar-refractivity contribution is -0.148. The van der Waals surface area contributed by atoms with Crippen molar-refractivity contribution >= 4 is 46.4 Å². The van der Waals surface area contributed by atoms with E-state index in [4.69, 9.17) is 27.9 Å². The summed E-state index contributed by atoms with van der Waals surface area (Å²) in [6.07, 6.45) is 1.05. The van der Waals surface area contributed by atoms with E-state index in [0.717, 1.165) is 12.2 Å². The summed E-state index contributed by atoms with van der Waals surface area (Å²) in [5.41, 5.74) is -0.116. The van der Waals surface area contributed by atoms with Crippen molar-refractivity contribution in [2.24, 2.45) is 0 Å². The quantitative estimate of drug-likeness (QED) is 0.496. The highest BCUT2D eigenvalue weighted by atomic mass is 35.5. The fourth-order valence-corrected chi connectivity index (χ4v) is 3.71. The number of thiophene rings is 1. The van der Waals surface area contributed by atoms with Crippen LogP contribution in [0.15, 0.2) is 48.6 Å². The van der Waals surface area contributed by atoms with Gasteiger partial charge in [-0.15, -0.1) is 11.3 Å². The molecule has 1 aromatic carbocycles. The first-order valence-corrected chi connectivity index (χ1v) is 10.0. The molecule has 0 spiro atoms. The summed E-state index contributed by atoms with van der Waals surface area (Å²) in [5, 5.41) is 14.0. The molecule has 1 heterocycles. The Morgan fingerprint density at radius 2 is 1.89 bits per heavy atom. The lowest BCUT2D eigenvalue weighted by Gasteiger charge is -2.23. The second-order valence-corrected chi connectivity index (χ2v) is 9.18. The monoisotopic (exact) mass is 441 g/mol. The van der Waals surface area contributed by atoms with Crippen molar-refractivity contribution in [2.75, 3.05) is 0 Å². The number of carbonyl (C=O) groups is 2. The number of amides is 1. The van der Waals surface area contributed by atoms with E-state index in [1.807, 2.05) is 0 Å². The van der Waals surface area contributed by atoms with Gasteiger partial charge in [0, 0.05) is 22.1 Å². The maximum absolute atomic E-state index is 12.3. The van der Waals surface area contributed by atoms with Gasteiger partial charge in [0.15, 0.2) is 0 Å². The fraction of sp³-hybridized carbons (Fsp3) is 0.300. The largest absolute Gasteiger partial charge is 0.457 e. The number of ether oxygens (including phenoxy) is 1. The Kier molecular flexibility index (Phi) is 7.66. The minimum absolute atomic E-state index is 0.468. The Bertz CT molecular complexity index is 873. The Balaban J connectivity index is 2.18. The van der Waals surface area contributed by atoms with Gasteiger partial charge in [0.25, 0.3) is 0 Å². The normalized spacial score (nSPS) is 13.9. The second kappa shape index (κ2) is 9.56. The number of carbonyl (C=O) groups excluding carboxylic acids is 2. The zero-order chi connectivity index (χ0) is 20.9. The molecule has 5 nitrogen and oxygen atoms in total. The van der Waals surface area contributed by atoms with Crippen LogP contribution >= 0.6 is 34.5 Å². The molecular formula is C20H21Cl2NO4S. The number of aliphatic hydroxyl groups is 1. The smallest absolute Gasteiger partial charge is 0.331 e. The molecule has 0 aliphatic carbocycles. The maximum Gasteiger partial charge on any atom is 0.331 e. The van der Waals surface area contributed by atoms with E-state index in [9.17, 15) is 14.7 Å². The Labute approximate surface area is 177 Å². The third-order valence-electron chi connectivity index (χ3n) is 3.48. The van der Waals surface area contributed by atoms with E-state index < -0.39 is 29.6 Å². The molecule has 0 saturated heterocycles. The molecule has 0 saturated carbocycles. The highest BCUT2D eigenvalue weighted by Gasteiger charge is 2.26. The molecule has 1 amide bonds. The highest BCUT2D eigenvalue weighted by Crippen LogP contribution is 2.35. The molecule has 28 heavy (non-hydrogen) atoms. The summed E-state index contributed by atoms with van der Waals surface area (Å²) in [6, 6.07) is 9.37. The summed E-state index contributed by atoms with van der Waals surface area (Å²) in [5.74, 6) is -1.18. The summed E-state index contributed by atoms with van der Waals surface area (Å²) in [7, 11) is 0. The minimum Gasteiger partial charge on any atom is -0.457 e. The van der Waals surface area contributed by atoms with Gasteiger partial charge in [-0.1, -0.05) is 35.3 Å². The number of nitrogens with one attached hydrogen (secondary N) is 1. The molecule has 0 bridgehead atoms. The average molecular weight is 442 g/mol. The van der Waals surface area contributed by atoms with Gasteiger partial charge in [-0.05, 0) is 50.6 Å². The first-order valence-electron chi connectivity index (χ1n) is 8.45. The van der Waals surface area contributed by atoms with E-state index in [-0.39, 0.29) is 0 Å². The van der Waals surface area contributed by atoms with Crippen LogP contribution in [0.5, 0.6) is 0 Å². The van der Waals surface area contributed by atoms with Crippen molar-refractivity contribution in [1.82, 2.24) is 5.32 Å². The van der Waals surface area contributed by atoms with Gasteiger partial charge < -0.3 is 15.2 Å². The van der Waals surface area contributed by atoms with Gasteiger partial charge in [0.2, 0.25) is 5.91 Å². The Morgan fingerprint density at radius 1 is 1.18 bits per heavy atom.